The molecule has 1 amide bonds. The highest BCUT2D eigenvalue weighted by Crippen LogP contribution is 2.34. The van der Waals surface area contributed by atoms with Crippen LogP contribution < -0.4 is 0 Å². The first-order valence-corrected chi connectivity index (χ1v) is 6.00. The molecule has 0 saturated carbocycles. The fourth-order valence-corrected chi connectivity index (χ4v) is 2.34. The number of hydrogen-bond donors (Lipinski definition) is 1. The molecule has 3 nitrogen and oxygen atoms in total. The maximum Gasteiger partial charge on any atom is 0.471 e. The molecule has 0 aliphatic carbocycles. The van der Waals surface area contributed by atoms with E-state index in [-0.39, 0.29) is 19.4 Å². The molecule has 2 atom stereocenters. The Morgan fingerprint density at radius 1 is 1.26 bits per heavy atom. The molecule has 1 heterocycles. The molecule has 1 saturated heterocycles. The lowest BCUT2D eigenvalue weighted by Gasteiger charge is -2.38. The van der Waals surface area contributed by atoms with Crippen LogP contribution in [0.25, 0.3) is 0 Å². The minimum Gasteiger partial charge on any atom is -0.393 e. The van der Waals surface area contributed by atoms with Gasteiger partial charge in [-0.15, -0.1) is 0 Å². The Hall–Kier alpha value is -1.56. The van der Waals surface area contributed by atoms with E-state index >= 15 is 0 Å². The van der Waals surface area contributed by atoms with Crippen molar-refractivity contribution >= 4 is 5.91 Å². The van der Waals surface area contributed by atoms with E-state index in [4.69, 9.17) is 0 Å². The van der Waals surface area contributed by atoms with Gasteiger partial charge in [-0.3, -0.25) is 4.79 Å². The third kappa shape index (κ3) is 3.07. The molecule has 0 unspecified atom stereocenters. The van der Waals surface area contributed by atoms with E-state index in [1.54, 1.807) is 30.3 Å². The van der Waals surface area contributed by atoms with E-state index in [1.165, 1.54) is 0 Å². The number of piperidine rings is 1. The number of aliphatic hydroxyl groups excluding tert-OH is 1. The second-order valence-corrected chi connectivity index (χ2v) is 4.60. The molecule has 0 bridgehead atoms. The Morgan fingerprint density at radius 3 is 2.47 bits per heavy atom. The van der Waals surface area contributed by atoms with E-state index < -0.39 is 24.2 Å². The van der Waals surface area contributed by atoms with Crippen molar-refractivity contribution in [2.45, 2.75) is 31.2 Å². The molecule has 0 spiro atoms. The van der Waals surface area contributed by atoms with E-state index in [0.717, 1.165) is 4.90 Å². The predicted octanol–water partition coefficient (Wildman–Crippen LogP) is 2.27. The van der Waals surface area contributed by atoms with Gasteiger partial charge >= 0.3 is 12.1 Å². The smallest absolute Gasteiger partial charge is 0.393 e. The van der Waals surface area contributed by atoms with Crippen LogP contribution in [-0.2, 0) is 4.79 Å². The number of rotatable bonds is 1. The van der Waals surface area contributed by atoms with E-state index in [9.17, 15) is 23.1 Å². The number of halogens is 3. The Bertz CT molecular complexity index is 447. The van der Waals surface area contributed by atoms with Gasteiger partial charge in [-0.1, -0.05) is 30.3 Å². The zero-order valence-corrected chi connectivity index (χ0v) is 10.1. The molecule has 1 aromatic rings. The topological polar surface area (TPSA) is 40.5 Å². The Morgan fingerprint density at radius 2 is 1.89 bits per heavy atom. The van der Waals surface area contributed by atoms with E-state index in [0.29, 0.717) is 5.56 Å². The maximum atomic E-state index is 12.6. The fraction of sp³-hybridized carbons (Fsp3) is 0.462. The van der Waals surface area contributed by atoms with Crippen molar-refractivity contribution in [1.29, 1.82) is 0 Å². The standard InChI is InChI=1S/C13H14F3NO2/c14-13(15,16)12(19)17-7-6-10(18)8-11(17)9-4-2-1-3-5-9/h1-5,10-11,18H,6-8H2/t10-,11-/m1/s1. The van der Waals surface area contributed by atoms with Crippen molar-refractivity contribution in [3.8, 4) is 0 Å². The quantitative estimate of drug-likeness (QED) is 0.852. The summed E-state index contributed by atoms with van der Waals surface area (Å²) in [6, 6.07) is 7.76. The number of nitrogens with zero attached hydrogens (tertiary/aromatic N) is 1. The second-order valence-electron chi connectivity index (χ2n) is 4.60. The first-order chi connectivity index (χ1) is 8.89. The predicted molar refractivity (Wildman–Crippen MR) is 62.2 cm³/mol. The normalized spacial score (nSPS) is 24.3. The summed E-state index contributed by atoms with van der Waals surface area (Å²) < 4.78 is 37.7. The lowest BCUT2D eigenvalue weighted by Crippen LogP contribution is -2.48. The highest BCUT2D eigenvalue weighted by atomic mass is 19.4. The minimum atomic E-state index is -4.88. The van der Waals surface area contributed by atoms with E-state index in [2.05, 4.69) is 0 Å². The maximum absolute atomic E-state index is 12.6. The molecule has 104 valence electrons. The molecule has 0 aromatic heterocycles. The monoisotopic (exact) mass is 273 g/mol. The van der Waals surface area contributed by atoms with Gasteiger partial charge in [-0.05, 0) is 18.4 Å². The zero-order valence-electron chi connectivity index (χ0n) is 10.1. The molecule has 1 aliphatic heterocycles. The molecule has 0 radical (unpaired) electrons. The van der Waals surface area contributed by atoms with Gasteiger partial charge in [0, 0.05) is 6.54 Å². The summed E-state index contributed by atoms with van der Waals surface area (Å²) in [7, 11) is 0. The van der Waals surface area contributed by atoms with Crippen molar-refractivity contribution in [1.82, 2.24) is 4.90 Å². The molecule has 1 aliphatic rings. The van der Waals surface area contributed by atoms with Crippen LogP contribution in [0.15, 0.2) is 30.3 Å². The first-order valence-electron chi connectivity index (χ1n) is 6.00. The first kappa shape index (κ1) is 13.9. The highest BCUT2D eigenvalue weighted by molar-refractivity contribution is 5.82. The Balaban J connectivity index is 2.28. The Labute approximate surface area is 108 Å². The highest BCUT2D eigenvalue weighted by Gasteiger charge is 2.46. The van der Waals surface area contributed by atoms with Crippen LogP contribution in [0.4, 0.5) is 13.2 Å². The molecular formula is C13H14F3NO2. The molecule has 1 N–H and O–H groups in total. The largest absolute Gasteiger partial charge is 0.471 e. The molecule has 1 fully saturated rings. The molecule has 2 rings (SSSR count). The van der Waals surface area contributed by atoms with E-state index in [1.807, 2.05) is 0 Å². The van der Waals surface area contributed by atoms with Crippen LogP contribution >= 0.6 is 0 Å². The number of alkyl halides is 3. The summed E-state index contributed by atoms with van der Waals surface area (Å²) in [4.78, 5) is 12.2. The third-order valence-corrected chi connectivity index (χ3v) is 3.26. The van der Waals surface area contributed by atoms with Crippen molar-refractivity contribution in [2.75, 3.05) is 6.54 Å². The van der Waals surface area contributed by atoms with Crippen LogP contribution in [0.1, 0.15) is 24.4 Å². The van der Waals surface area contributed by atoms with Gasteiger partial charge < -0.3 is 10.0 Å². The Kier molecular flexibility index (Phi) is 3.80. The van der Waals surface area contributed by atoms with Crippen LogP contribution in [0, 0.1) is 0 Å². The third-order valence-electron chi connectivity index (χ3n) is 3.26. The second kappa shape index (κ2) is 5.21. The van der Waals surface area contributed by atoms with Gasteiger partial charge in [0.15, 0.2) is 0 Å². The van der Waals surface area contributed by atoms with Gasteiger partial charge in [0.25, 0.3) is 0 Å². The summed E-state index contributed by atoms with van der Waals surface area (Å²) >= 11 is 0. The number of carbonyl (C=O) groups excluding carboxylic acids is 1. The molecule has 19 heavy (non-hydrogen) atoms. The molecule has 6 heteroatoms. The summed E-state index contributed by atoms with van der Waals surface area (Å²) in [5.41, 5.74) is 0.610. The zero-order chi connectivity index (χ0) is 14.0. The number of likely N-dealkylation sites (tertiary alicyclic amines) is 1. The van der Waals surface area contributed by atoms with Gasteiger partial charge in [-0.2, -0.15) is 13.2 Å². The minimum absolute atomic E-state index is 0.0843. The lowest BCUT2D eigenvalue weighted by molar-refractivity contribution is -0.190. The van der Waals surface area contributed by atoms with Gasteiger partial charge in [0.2, 0.25) is 0 Å². The summed E-state index contributed by atoms with van der Waals surface area (Å²) in [5, 5.41) is 9.62. The van der Waals surface area contributed by atoms with Gasteiger partial charge in [-0.25, -0.2) is 0 Å². The molecular weight excluding hydrogens is 259 g/mol. The molecule has 1 aromatic carbocycles. The van der Waals surface area contributed by atoms with Crippen LogP contribution in [-0.4, -0.2) is 34.7 Å². The van der Waals surface area contributed by atoms with Crippen molar-refractivity contribution in [2.24, 2.45) is 0 Å². The number of aliphatic hydroxyl groups is 1. The number of hydrogen-bond acceptors (Lipinski definition) is 2. The van der Waals surface area contributed by atoms with Crippen molar-refractivity contribution in [3.63, 3.8) is 0 Å². The average Bonchev–Trinajstić information content (AvgIpc) is 2.38. The van der Waals surface area contributed by atoms with Crippen LogP contribution in [0.3, 0.4) is 0 Å². The average molecular weight is 273 g/mol. The fourth-order valence-electron chi connectivity index (χ4n) is 2.34. The summed E-state index contributed by atoms with van der Waals surface area (Å²) in [6.45, 7) is -0.0843. The number of amides is 1. The number of carbonyl (C=O) groups is 1. The summed E-state index contributed by atoms with van der Waals surface area (Å²) in [5.74, 6) is -1.84. The van der Waals surface area contributed by atoms with Crippen LogP contribution in [0.5, 0.6) is 0 Å². The van der Waals surface area contributed by atoms with Gasteiger partial charge in [0.1, 0.15) is 0 Å². The van der Waals surface area contributed by atoms with Crippen molar-refractivity contribution < 1.29 is 23.1 Å². The SMILES string of the molecule is O=C(N1CC[C@@H](O)C[C@@H]1c1ccccc1)C(F)(F)F. The van der Waals surface area contributed by atoms with Crippen LogP contribution in [0.2, 0.25) is 0 Å². The van der Waals surface area contributed by atoms with Crippen molar-refractivity contribution in [3.05, 3.63) is 35.9 Å². The summed E-state index contributed by atoms with van der Waals surface area (Å²) in [6.07, 6.45) is -5.26. The van der Waals surface area contributed by atoms with Gasteiger partial charge in [0.05, 0.1) is 12.1 Å². The number of benzene rings is 1. The lowest BCUT2D eigenvalue weighted by atomic mass is 9.93.